The van der Waals surface area contributed by atoms with Crippen molar-refractivity contribution in [3.05, 3.63) is 69.9 Å². The van der Waals surface area contributed by atoms with Gasteiger partial charge in [0.15, 0.2) is 11.5 Å². The number of nitrogens with zero attached hydrogens (tertiary/aromatic N) is 4. The minimum absolute atomic E-state index is 0.162. The third-order valence-corrected chi connectivity index (χ3v) is 7.72. The molecular weight excluding hydrogens is 590 g/mol. The first-order valence-electron chi connectivity index (χ1n) is 14.9. The lowest BCUT2D eigenvalue weighted by molar-refractivity contribution is -0.119. The van der Waals surface area contributed by atoms with Crippen molar-refractivity contribution in [1.82, 2.24) is 25.5 Å². The van der Waals surface area contributed by atoms with Crippen LogP contribution in [-0.4, -0.2) is 59.9 Å². The number of anilines is 2. The van der Waals surface area contributed by atoms with E-state index in [4.69, 9.17) is 14.2 Å². The summed E-state index contributed by atoms with van der Waals surface area (Å²) in [4.78, 5) is 39.7. The van der Waals surface area contributed by atoms with Crippen LogP contribution in [0.5, 0.6) is 17.2 Å². The van der Waals surface area contributed by atoms with Crippen molar-refractivity contribution in [2.24, 2.45) is 7.05 Å². The SMILES string of the molecule is COc1cc2c(c(OC)c1OC)-c1ccc(NCCCC(=O)Nc3cccc(-c4nnn(C)n4)c3)c(=O)cc1[C@H](NC(C)=O)CC2. The van der Waals surface area contributed by atoms with E-state index in [1.54, 1.807) is 52.6 Å². The summed E-state index contributed by atoms with van der Waals surface area (Å²) in [6.07, 6.45) is 1.90. The predicted molar refractivity (Wildman–Crippen MR) is 173 cm³/mol. The number of tetrazole rings is 1. The van der Waals surface area contributed by atoms with Crippen LogP contribution < -0.4 is 35.6 Å². The molecule has 13 nitrogen and oxygen atoms in total. The number of hydrogen-bond donors (Lipinski definition) is 3. The number of ether oxygens (including phenoxy) is 3. The van der Waals surface area contributed by atoms with Crippen LogP contribution in [0.3, 0.4) is 0 Å². The number of carbonyl (C=O) groups excluding carboxylic acids is 2. The lowest BCUT2D eigenvalue weighted by atomic mass is 9.95. The van der Waals surface area contributed by atoms with E-state index in [0.29, 0.717) is 65.8 Å². The van der Waals surface area contributed by atoms with E-state index in [0.717, 1.165) is 22.3 Å². The Labute approximate surface area is 266 Å². The molecule has 0 bridgehead atoms. The fourth-order valence-electron chi connectivity index (χ4n) is 5.68. The van der Waals surface area contributed by atoms with Gasteiger partial charge in [0.2, 0.25) is 28.8 Å². The Morgan fingerprint density at radius 1 is 1.02 bits per heavy atom. The lowest BCUT2D eigenvalue weighted by Gasteiger charge is -2.19. The molecule has 1 heterocycles. The molecule has 5 rings (SSSR count). The predicted octanol–water partition coefficient (Wildman–Crippen LogP) is 3.88. The van der Waals surface area contributed by atoms with Gasteiger partial charge in [-0.05, 0) is 71.5 Å². The summed E-state index contributed by atoms with van der Waals surface area (Å²) in [7, 11) is 6.35. The van der Waals surface area contributed by atoms with Gasteiger partial charge in [-0.3, -0.25) is 14.4 Å². The maximum absolute atomic E-state index is 13.5. The van der Waals surface area contributed by atoms with E-state index in [1.165, 1.54) is 11.7 Å². The average molecular weight is 628 g/mol. The van der Waals surface area contributed by atoms with Gasteiger partial charge in [0.05, 0.1) is 40.1 Å². The summed E-state index contributed by atoms with van der Waals surface area (Å²) in [5, 5.41) is 21.2. The average Bonchev–Trinajstić information content (AvgIpc) is 3.35. The van der Waals surface area contributed by atoms with Gasteiger partial charge in [-0.25, -0.2) is 0 Å². The third kappa shape index (κ3) is 6.93. The molecule has 0 saturated carbocycles. The molecule has 1 atom stereocenters. The van der Waals surface area contributed by atoms with Crippen molar-refractivity contribution in [2.75, 3.05) is 38.5 Å². The molecular formula is C33H37N7O6. The van der Waals surface area contributed by atoms with Crippen molar-refractivity contribution >= 4 is 23.2 Å². The number of methoxy groups -OCH3 is 3. The van der Waals surface area contributed by atoms with E-state index in [1.807, 2.05) is 24.3 Å². The van der Waals surface area contributed by atoms with Crippen LogP contribution >= 0.6 is 0 Å². The standard InChI is InChI=1S/C33H37N7O6/c1-19(41)35-25-13-11-20-17-28(44-3)31(45-4)32(46-5)30(20)23-12-14-26(27(42)18-24(23)25)34-15-7-10-29(43)36-22-9-6-8-21(16-22)33-37-39-40(2)38-33/h6,8-9,12,14,16-18,25H,7,10-11,13,15H2,1-5H3,(H,34,42)(H,35,41)(H,36,43)/t25-/m1/s1. The molecule has 240 valence electrons. The Morgan fingerprint density at radius 3 is 2.52 bits per heavy atom. The second-order valence-corrected chi connectivity index (χ2v) is 10.9. The summed E-state index contributed by atoms with van der Waals surface area (Å²) in [5.41, 5.74) is 4.65. The zero-order valence-corrected chi connectivity index (χ0v) is 26.5. The highest BCUT2D eigenvalue weighted by Crippen LogP contribution is 2.50. The van der Waals surface area contributed by atoms with Gasteiger partial charge in [0.25, 0.3) is 0 Å². The van der Waals surface area contributed by atoms with Crippen LogP contribution in [0.15, 0.2) is 53.3 Å². The molecule has 0 aliphatic heterocycles. The molecule has 1 aliphatic rings. The molecule has 2 amide bonds. The minimum atomic E-state index is -0.401. The highest BCUT2D eigenvalue weighted by atomic mass is 16.5. The van der Waals surface area contributed by atoms with E-state index in [-0.39, 0.29) is 23.7 Å². The zero-order chi connectivity index (χ0) is 32.8. The van der Waals surface area contributed by atoms with Crippen molar-refractivity contribution in [2.45, 2.75) is 38.6 Å². The molecule has 3 N–H and O–H groups in total. The normalized spacial score (nSPS) is 13.5. The summed E-state index contributed by atoms with van der Waals surface area (Å²) < 4.78 is 17.1. The van der Waals surface area contributed by atoms with Crippen molar-refractivity contribution in [3.8, 4) is 39.8 Å². The number of fused-ring (bicyclic) bond motifs is 3. The van der Waals surface area contributed by atoms with Crippen molar-refractivity contribution in [3.63, 3.8) is 0 Å². The number of benzene rings is 2. The minimum Gasteiger partial charge on any atom is -0.493 e. The van der Waals surface area contributed by atoms with Gasteiger partial charge < -0.3 is 30.2 Å². The Morgan fingerprint density at radius 2 is 1.83 bits per heavy atom. The summed E-state index contributed by atoms with van der Waals surface area (Å²) in [6, 6.07) is 13.9. The second-order valence-electron chi connectivity index (χ2n) is 10.9. The number of carbonyl (C=O) groups is 2. The number of aromatic nitrogens is 4. The molecule has 0 spiro atoms. The number of aryl methyl sites for hydroxylation is 2. The largest absolute Gasteiger partial charge is 0.493 e. The first kappa shape index (κ1) is 31.9. The smallest absolute Gasteiger partial charge is 0.224 e. The molecule has 1 aliphatic carbocycles. The van der Waals surface area contributed by atoms with E-state index < -0.39 is 6.04 Å². The van der Waals surface area contributed by atoms with Crippen LogP contribution in [0.4, 0.5) is 11.4 Å². The zero-order valence-electron chi connectivity index (χ0n) is 26.5. The summed E-state index contributed by atoms with van der Waals surface area (Å²) in [6.45, 7) is 1.85. The van der Waals surface area contributed by atoms with Crippen LogP contribution in [0.25, 0.3) is 22.5 Å². The fourth-order valence-corrected chi connectivity index (χ4v) is 5.68. The van der Waals surface area contributed by atoms with Gasteiger partial charge in [-0.15, -0.1) is 10.2 Å². The summed E-state index contributed by atoms with van der Waals surface area (Å²) >= 11 is 0. The molecule has 0 saturated heterocycles. The number of hydrogen-bond acceptors (Lipinski definition) is 10. The molecule has 3 aromatic carbocycles. The number of amides is 2. The van der Waals surface area contributed by atoms with E-state index in [2.05, 4.69) is 31.4 Å². The molecule has 0 unspecified atom stereocenters. The van der Waals surface area contributed by atoms with Crippen LogP contribution in [0.1, 0.15) is 43.4 Å². The molecule has 4 aromatic rings. The van der Waals surface area contributed by atoms with Gasteiger partial charge in [0, 0.05) is 36.7 Å². The molecule has 0 fully saturated rings. The molecule has 46 heavy (non-hydrogen) atoms. The van der Waals surface area contributed by atoms with Crippen molar-refractivity contribution in [1.29, 1.82) is 0 Å². The van der Waals surface area contributed by atoms with E-state index in [9.17, 15) is 14.4 Å². The number of rotatable bonds is 11. The lowest BCUT2D eigenvalue weighted by Crippen LogP contribution is -2.26. The molecule has 13 heteroatoms. The Balaban J connectivity index is 1.35. The van der Waals surface area contributed by atoms with E-state index >= 15 is 0 Å². The number of nitrogens with one attached hydrogen (secondary N) is 3. The Kier molecular flexibility index (Phi) is 9.79. The first-order valence-corrected chi connectivity index (χ1v) is 14.9. The maximum Gasteiger partial charge on any atom is 0.224 e. The Hall–Kier alpha value is -5.46. The van der Waals surface area contributed by atoms with Crippen LogP contribution in [-0.2, 0) is 23.1 Å². The first-order chi connectivity index (χ1) is 22.2. The van der Waals surface area contributed by atoms with Crippen LogP contribution in [0.2, 0.25) is 0 Å². The van der Waals surface area contributed by atoms with Crippen molar-refractivity contribution < 1.29 is 23.8 Å². The summed E-state index contributed by atoms with van der Waals surface area (Å²) in [5.74, 6) is 1.56. The third-order valence-electron chi connectivity index (χ3n) is 7.72. The fraction of sp³-hybridized carbons (Fsp3) is 0.333. The second kappa shape index (κ2) is 14.1. The van der Waals surface area contributed by atoms with Gasteiger partial charge in [0.1, 0.15) is 0 Å². The topological polar surface area (TPSA) is 159 Å². The highest BCUT2D eigenvalue weighted by Gasteiger charge is 2.29. The quantitative estimate of drug-likeness (QED) is 0.208. The van der Waals surface area contributed by atoms with Gasteiger partial charge >= 0.3 is 0 Å². The Bertz CT molecular complexity index is 1820. The van der Waals surface area contributed by atoms with Gasteiger partial charge in [-0.1, -0.05) is 18.2 Å². The van der Waals surface area contributed by atoms with Gasteiger partial charge in [-0.2, -0.15) is 4.80 Å². The molecule has 0 radical (unpaired) electrons. The van der Waals surface area contributed by atoms with Crippen LogP contribution in [0, 0.1) is 0 Å². The maximum atomic E-state index is 13.5. The highest BCUT2D eigenvalue weighted by molar-refractivity contribution is 5.91. The molecule has 1 aromatic heterocycles. The monoisotopic (exact) mass is 627 g/mol.